The van der Waals surface area contributed by atoms with Gasteiger partial charge in [-0.05, 0) is 19.9 Å². The van der Waals surface area contributed by atoms with Crippen LogP contribution in [0.5, 0.6) is 0 Å². The zero-order valence-corrected chi connectivity index (χ0v) is 6.46. The largest absolute Gasteiger partial charge is 0.457 e. The van der Waals surface area contributed by atoms with E-state index in [1.54, 1.807) is 13.8 Å². The van der Waals surface area contributed by atoms with Gasteiger partial charge >= 0.3 is 5.97 Å². The zero-order valence-electron chi connectivity index (χ0n) is 6.46. The highest BCUT2D eigenvalue weighted by molar-refractivity contribution is 5.85. The number of hydrogen-bond acceptors (Lipinski definition) is 3. The zero-order chi connectivity index (χ0) is 8.27. The maximum Gasteiger partial charge on any atom is 0.375 e. The SMILES string of the molecule is CC(C)OC(=O)c1[c]cco1. The number of esters is 1. The molecule has 0 fully saturated rings. The fourth-order valence-electron chi connectivity index (χ4n) is 0.620. The fourth-order valence-corrected chi connectivity index (χ4v) is 0.620. The summed E-state index contributed by atoms with van der Waals surface area (Å²) in [7, 11) is 0. The second-order valence-electron chi connectivity index (χ2n) is 2.35. The van der Waals surface area contributed by atoms with Crippen molar-refractivity contribution in [2.45, 2.75) is 20.0 Å². The molecule has 0 spiro atoms. The Labute approximate surface area is 65.0 Å². The Morgan fingerprint density at radius 3 is 2.91 bits per heavy atom. The van der Waals surface area contributed by atoms with Gasteiger partial charge in [0.1, 0.15) is 0 Å². The highest BCUT2D eigenvalue weighted by Crippen LogP contribution is 2.02. The lowest BCUT2D eigenvalue weighted by Gasteiger charge is -2.04. The summed E-state index contributed by atoms with van der Waals surface area (Å²) >= 11 is 0. The highest BCUT2D eigenvalue weighted by Gasteiger charge is 2.11. The molecule has 0 amide bonds. The van der Waals surface area contributed by atoms with Gasteiger partial charge < -0.3 is 9.15 Å². The lowest BCUT2D eigenvalue weighted by molar-refractivity contribution is 0.0341. The molecule has 1 aromatic rings. The van der Waals surface area contributed by atoms with E-state index in [2.05, 4.69) is 6.07 Å². The third-order valence-corrected chi connectivity index (χ3v) is 0.996. The molecule has 3 nitrogen and oxygen atoms in total. The quantitative estimate of drug-likeness (QED) is 0.606. The third-order valence-electron chi connectivity index (χ3n) is 0.996. The van der Waals surface area contributed by atoms with Crippen LogP contribution < -0.4 is 0 Å². The normalized spacial score (nSPS) is 10.1. The summed E-state index contributed by atoms with van der Waals surface area (Å²) in [6.07, 6.45) is 1.26. The van der Waals surface area contributed by atoms with Crippen molar-refractivity contribution in [1.82, 2.24) is 0 Å². The first kappa shape index (κ1) is 7.85. The minimum atomic E-state index is -0.468. The van der Waals surface area contributed by atoms with Gasteiger partial charge in [0.25, 0.3) is 0 Å². The van der Waals surface area contributed by atoms with Crippen LogP contribution >= 0.6 is 0 Å². The second-order valence-corrected chi connectivity index (χ2v) is 2.35. The molecule has 1 rings (SSSR count). The summed E-state index contributed by atoms with van der Waals surface area (Å²) < 4.78 is 9.60. The van der Waals surface area contributed by atoms with E-state index in [-0.39, 0.29) is 11.9 Å². The van der Waals surface area contributed by atoms with Gasteiger partial charge in [-0.25, -0.2) is 4.79 Å². The van der Waals surface area contributed by atoms with Crippen LogP contribution in [0.2, 0.25) is 0 Å². The Hall–Kier alpha value is -1.25. The van der Waals surface area contributed by atoms with E-state index in [1.165, 1.54) is 12.3 Å². The molecular formula is C8H9O3. The topological polar surface area (TPSA) is 39.4 Å². The molecule has 0 aliphatic heterocycles. The van der Waals surface area contributed by atoms with E-state index in [9.17, 15) is 4.79 Å². The van der Waals surface area contributed by atoms with Gasteiger partial charge in [0, 0.05) is 6.07 Å². The summed E-state index contributed by atoms with van der Waals surface area (Å²) in [6, 6.07) is 4.13. The third kappa shape index (κ3) is 2.11. The van der Waals surface area contributed by atoms with Crippen LogP contribution in [-0.4, -0.2) is 12.1 Å². The minimum Gasteiger partial charge on any atom is -0.457 e. The van der Waals surface area contributed by atoms with E-state index < -0.39 is 5.97 Å². The van der Waals surface area contributed by atoms with Gasteiger partial charge in [-0.2, -0.15) is 0 Å². The molecule has 1 radical (unpaired) electrons. The predicted molar refractivity (Wildman–Crippen MR) is 38.1 cm³/mol. The summed E-state index contributed by atoms with van der Waals surface area (Å²) in [5.74, 6) is -0.344. The molecule has 0 bridgehead atoms. The van der Waals surface area contributed by atoms with Crippen molar-refractivity contribution >= 4 is 5.97 Å². The van der Waals surface area contributed by atoms with E-state index in [4.69, 9.17) is 9.15 Å². The molecule has 0 aromatic carbocycles. The molecule has 1 aromatic heterocycles. The number of carbonyl (C=O) groups excluding carboxylic acids is 1. The van der Waals surface area contributed by atoms with Crippen LogP contribution in [0.1, 0.15) is 24.4 Å². The number of hydrogen-bond donors (Lipinski definition) is 0. The van der Waals surface area contributed by atoms with Crippen molar-refractivity contribution in [3.05, 3.63) is 24.2 Å². The molecule has 0 saturated heterocycles. The molecule has 59 valence electrons. The van der Waals surface area contributed by atoms with Gasteiger partial charge in [0.2, 0.25) is 5.76 Å². The van der Waals surface area contributed by atoms with Crippen LogP contribution in [0.4, 0.5) is 0 Å². The molecule has 0 saturated carbocycles. The Kier molecular flexibility index (Phi) is 2.31. The first-order valence-electron chi connectivity index (χ1n) is 3.36. The molecule has 3 heteroatoms. The standard InChI is InChI=1S/C8H9O3/c1-6(2)11-8(9)7-4-3-5-10-7/h3,5-6H,1-2H3. The monoisotopic (exact) mass is 153 g/mol. The van der Waals surface area contributed by atoms with E-state index >= 15 is 0 Å². The second kappa shape index (κ2) is 3.23. The van der Waals surface area contributed by atoms with Crippen molar-refractivity contribution < 1.29 is 13.9 Å². The molecule has 0 N–H and O–H groups in total. The fraction of sp³-hybridized carbons (Fsp3) is 0.375. The van der Waals surface area contributed by atoms with Gasteiger partial charge in [-0.3, -0.25) is 0 Å². The number of furan rings is 1. The summed E-state index contributed by atoms with van der Waals surface area (Å²) in [5.41, 5.74) is 0. The van der Waals surface area contributed by atoms with Crippen LogP contribution in [0.25, 0.3) is 0 Å². The number of carbonyl (C=O) groups is 1. The van der Waals surface area contributed by atoms with Gasteiger partial charge in [-0.15, -0.1) is 0 Å². The maximum atomic E-state index is 11.0. The number of rotatable bonds is 2. The van der Waals surface area contributed by atoms with Crippen molar-refractivity contribution in [2.75, 3.05) is 0 Å². The average Bonchev–Trinajstić information content (AvgIpc) is 2.35. The molecule has 0 aliphatic carbocycles. The van der Waals surface area contributed by atoms with Crippen LogP contribution in [0.15, 0.2) is 16.7 Å². The summed E-state index contributed by atoms with van der Waals surface area (Å²) in [4.78, 5) is 11.0. The molecule has 0 aliphatic rings. The lowest BCUT2D eigenvalue weighted by Crippen LogP contribution is -2.10. The van der Waals surface area contributed by atoms with Crippen molar-refractivity contribution in [1.29, 1.82) is 0 Å². The molecule has 0 unspecified atom stereocenters. The first-order chi connectivity index (χ1) is 5.20. The van der Waals surface area contributed by atoms with Crippen LogP contribution in [0, 0.1) is 6.07 Å². The average molecular weight is 153 g/mol. The van der Waals surface area contributed by atoms with E-state index in [0.717, 1.165) is 0 Å². The Morgan fingerprint density at radius 1 is 1.73 bits per heavy atom. The molecule has 11 heavy (non-hydrogen) atoms. The molecular weight excluding hydrogens is 144 g/mol. The number of ether oxygens (including phenoxy) is 1. The Morgan fingerprint density at radius 2 is 2.45 bits per heavy atom. The van der Waals surface area contributed by atoms with Crippen molar-refractivity contribution in [3.63, 3.8) is 0 Å². The first-order valence-corrected chi connectivity index (χ1v) is 3.36. The lowest BCUT2D eigenvalue weighted by atomic mass is 10.4. The van der Waals surface area contributed by atoms with Gasteiger partial charge in [0.05, 0.1) is 12.4 Å². The maximum absolute atomic E-state index is 11.0. The molecule has 0 atom stereocenters. The summed E-state index contributed by atoms with van der Waals surface area (Å²) in [5, 5.41) is 0. The van der Waals surface area contributed by atoms with Crippen molar-refractivity contribution in [2.24, 2.45) is 0 Å². The predicted octanol–water partition coefficient (Wildman–Crippen LogP) is 1.64. The van der Waals surface area contributed by atoms with Gasteiger partial charge in [0.15, 0.2) is 0 Å². The summed E-state index contributed by atoms with van der Waals surface area (Å²) in [6.45, 7) is 3.56. The van der Waals surface area contributed by atoms with Crippen molar-refractivity contribution in [3.8, 4) is 0 Å². The van der Waals surface area contributed by atoms with E-state index in [1.807, 2.05) is 0 Å². The minimum absolute atomic E-state index is 0.124. The highest BCUT2D eigenvalue weighted by atomic mass is 16.6. The molecule has 1 heterocycles. The van der Waals surface area contributed by atoms with Crippen LogP contribution in [-0.2, 0) is 4.74 Å². The smallest absolute Gasteiger partial charge is 0.375 e. The van der Waals surface area contributed by atoms with E-state index in [0.29, 0.717) is 0 Å². The van der Waals surface area contributed by atoms with Gasteiger partial charge in [-0.1, -0.05) is 0 Å². The van der Waals surface area contributed by atoms with Crippen LogP contribution in [0.3, 0.4) is 0 Å². The Balaban J connectivity index is 2.57. The Bertz CT molecular complexity index is 223.